The van der Waals surface area contributed by atoms with Crippen LogP contribution in [0, 0.1) is 5.41 Å². The van der Waals surface area contributed by atoms with Crippen molar-refractivity contribution >= 4 is 37.7 Å². The van der Waals surface area contributed by atoms with Crippen LogP contribution in [0.25, 0.3) is 0 Å². The van der Waals surface area contributed by atoms with E-state index in [0.29, 0.717) is 17.0 Å². The zero-order valence-electron chi connectivity index (χ0n) is 19.5. The Hall–Kier alpha value is -2.97. The van der Waals surface area contributed by atoms with Crippen molar-refractivity contribution < 1.29 is 4.79 Å². The molecule has 0 aliphatic heterocycles. The number of nitrogens with one attached hydrogen (secondary N) is 3. The number of unbranched alkanes of at least 4 members (excludes halogenated alkanes) is 1. The van der Waals surface area contributed by atoms with E-state index >= 15 is 0 Å². The molecule has 1 amide bonds. The van der Waals surface area contributed by atoms with Crippen LogP contribution in [0.3, 0.4) is 0 Å². The number of hydrogen-bond acceptors (Lipinski definition) is 3. The van der Waals surface area contributed by atoms with Gasteiger partial charge in [-0.2, -0.15) is 0 Å². The van der Waals surface area contributed by atoms with E-state index in [0.717, 1.165) is 23.1 Å². The molecule has 0 saturated heterocycles. The molecule has 3 aromatic rings. The van der Waals surface area contributed by atoms with Crippen LogP contribution < -0.4 is 15.9 Å². The van der Waals surface area contributed by atoms with Crippen LogP contribution in [0.15, 0.2) is 72.8 Å². The molecule has 3 rings (SSSR count). The van der Waals surface area contributed by atoms with Gasteiger partial charge >= 0.3 is 0 Å². The first-order valence-corrected chi connectivity index (χ1v) is 12.3. The highest BCUT2D eigenvalue weighted by Gasteiger charge is 2.13. The Balaban J connectivity index is 1.60. The van der Waals surface area contributed by atoms with Gasteiger partial charge in [-0.05, 0) is 72.1 Å². The van der Waals surface area contributed by atoms with Crippen molar-refractivity contribution in [3.63, 3.8) is 0 Å². The molecule has 172 valence electrons. The number of carbonyl (C=O) groups is 1. The maximum Gasteiger partial charge on any atom is 0.256 e. The topological polar surface area (TPSA) is 65.0 Å². The standard InChI is InChI=1S/C28H34N3OP/c1-3-5-9-20(8-4-2)21-12-14-23(15-13-21)28(32)31-27(29)22-16-18-24(19-17-22)30-25-10-6-7-11-26(25)33/h6-7,10-20,30H,3-5,8-9,33H2,1-2H3,(H2,29,31,32). The van der Waals surface area contributed by atoms with E-state index in [-0.39, 0.29) is 11.7 Å². The number of rotatable bonds is 10. The number of para-hydroxylation sites is 1. The van der Waals surface area contributed by atoms with Crippen LogP contribution >= 0.6 is 9.24 Å². The number of amidine groups is 1. The molecule has 2 unspecified atom stereocenters. The molecule has 0 fully saturated rings. The smallest absolute Gasteiger partial charge is 0.256 e. The molecule has 0 saturated carbocycles. The maximum atomic E-state index is 12.7. The van der Waals surface area contributed by atoms with Crippen molar-refractivity contribution in [2.75, 3.05) is 5.32 Å². The van der Waals surface area contributed by atoms with E-state index in [2.05, 4.69) is 45.9 Å². The van der Waals surface area contributed by atoms with Gasteiger partial charge < -0.3 is 10.6 Å². The fourth-order valence-corrected chi connectivity index (χ4v) is 4.21. The Labute approximate surface area is 199 Å². The van der Waals surface area contributed by atoms with Gasteiger partial charge in [-0.15, -0.1) is 9.24 Å². The molecular formula is C28H34N3OP. The van der Waals surface area contributed by atoms with Crippen molar-refractivity contribution in [2.45, 2.75) is 51.9 Å². The molecule has 2 atom stereocenters. The Bertz CT molecular complexity index is 1060. The first kappa shape index (κ1) is 24.7. The molecule has 0 spiro atoms. The monoisotopic (exact) mass is 459 g/mol. The van der Waals surface area contributed by atoms with Gasteiger partial charge in [0.15, 0.2) is 0 Å². The van der Waals surface area contributed by atoms with E-state index in [1.807, 2.05) is 60.7 Å². The second-order valence-corrected chi connectivity index (χ2v) is 8.99. The van der Waals surface area contributed by atoms with Gasteiger partial charge in [0, 0.05) is 22.5 Å². The van der Waals surface area contributed by atoms with Crippen molar-refractivity contribution in [2.24, 2.45) is 0 Å². The summed E-state index contributed by atoms with van der Waals surface area (Å²) in [4.78, 5) is 12.7. The quantitative estimate of drug-likeness (QED) is 0.178. The highest BCUT2D eigenvalue weighted by Crippen LogP contribution is 2.27. The van der Waals surface area contributed by atoms with Crippen molar-refractivity contribution in [1.29, 1.82) is 5.41 Å². The predicted molar refractivity (Wildman–Crippen MR) is 143 cm³/mol. The largest absolute Gasteiger partial charge is 0.355 e. The third-order valence-electron chi connectivity index (χ3n) is 5.84. The fraction of sp³-hybridized carbons (Fsp3) is 0.286. The van der Waals surface area contributed by atoms with Gasteiger partial charge in [0.1, 0.15) is 5.84 Å². The Morgan fingerprint density at radius 3 is 2.18 bits per heavy atom. The molecule has 0 heterocycles. The highest BCUT2D eigenvalue weighted by atomic mass is 31.0. The molecule has 0 bridgehead atoms. The van der Waals surface area contributed by atoms with Crippen molar-refractivity contribution in [3.8, 4) is 0 Å². The van der Waals surface area contributed by atoms with Crippen LogP contribution in [-0.4, -0.2) is 11.7 Å². The fourth-order valence-electron chi connectivity index (χ4n) is 3.93. The summed E-state index contributed by atoms with van der Waals surface area (Å²) >= 11 is 0. The molecule has 4 nitrogen and oxygen atoms in total. The lowest BCUT2D eigenvalue weighted by molar-refractivity contribution is 0.0977. The summed E-state index contributed by atoms with van der Waals surface area (Å²) in [6.45, 7) is 4.44. The molecule has 0 aliphatic carbocycles. The maximum absolute atomic E-state index is 12.7. The van der Waals surface area contributed by atoms with E-state index < -0.39 is 0 Å². The lowest BCUT2D eigenvalue weighted by Gasteiger charge is -2.17. The number of anilines is 2. The summed E-state index contributed by atoms with van der Waals surface area (Å²) in [6, 6.07) is 23.4. The normalized spacial score (nSPS) is 11.6. The Kier molecular flexibility index (Phi) is 9.21. The van der Waals surface area contributed by atoms with Crippen LogP contribution in [0.2, 0.25) is 0 Å². The predicted octanol–water partition coefficient (Wildman–Crippen LogP) is 6.76. The molecule has 33 heavy (non-hydrogen) atoms. The summed E-state index contributed by atoms with van der Waals surface area (Å²) in [5, 5.41) is 15.5. The summed E-state index contributed by atoms with van der Waals surface area (Å²) in [5.74, 6) is 0.385. The third kappa shape index (κ3) is 7.00. The summed E-state index contributed by atoms with van der Waals surface area (Å²) < 4.78 is 0. The van der Waals surface area contributed by atoms with Gasteiger partial charge in [-0.3, -0.25) is 10.2 Å². The lowest BCUT2D eigenvalue weighted by Crippen LogP contribution is -2.30. The van der Waals surface area contributed by atoms with Gasteiger partial charge in [0.05, 0.1) is 0 Å². The minimum absolute atomic E-state index is 0.0916. The number of amides is 1. The number of carbonyl (C=O) groups excluding carboxylic acids is 1. The molecule has 0 aliphatic rings. The second-order valence-electron chi connectivity index (χ2n) is 8.37. The first-order chi connectivity index (χ1) is 16.0. The minimum atomic E-state index is -0.258. The van der Waals surface area contributed by atoms with Gasteiger partial charge in [0.2, 0.25) is 0 Å². The number of benzene rings is 3. The first-order valence-electron chi connectivity index (χ1n) is 11.7. The van der Waals surface area contributed by atoms with Gasteiger partial charge in [-0.1, -0.05) is 63.4 Å². The average Bonchev–Trinajstić information content (AvgIpc) is 2.83. The van der Waals surface area contributed by atoms with Crippen LogP contribution in [-0.2, 0) is 0 Å². The van der Waals surface area contributed by atoms with E-state index in [9.17, 15) is 4.79 Å². The van der Waals surface area contributed by atoms with Gasteiger partial charge in [0.25, 0.3) is 5.91 Å². The summed E-state index contributed by atoms with van der Waals surface area (Å²) in [5.41, 5.74) is 4.47. The Morgan fingerprint density at radius 2 is 1.55 bits per heavy atom. The number of hydrogen-bond donors (Lipinski definition) is 3. The molecule has 3 aromatic carbocycles. The second kappa shape index (κ2) is 12.3. The van der Waals surface area contributed by atoms with Crippen molar-refractivity contribution in [3.05, 3.63) is 89.5 Å². The third-order valence-corrected chi connectivity index (χ3v) is 6.34. The molecule has 5 heteroatoms. The average molecular weight is 460 g/mol. The van der Waals surface area contributed by atoms with Crippen LogP contribution in [0.4, 0.5) is 11.4 Å². The van der Waals surface area contributed by atoms with Gasteiger partial charge in [-0.25, -0.2) is 0 Å². The van der Waals surface area contributed by atoms with Crippen molar-refractivity contribution in [1.82, 2.24) is 5.32 Å². The molecule has 0 aromatic heterocycles. The summed E-state index contributed by atoms with van der Waals surface area (Å²) in [6.07, 6.45) is 5.94. The highest BCUT2D eigenvalue weighted by molar-refractivity contribution is 7.28. The lowest BCUT2D eigenvalue weighted by atomic mass is 9.89. The zero-order chi connectivity index (χ0) is 23.6. The molecular weight excluding hydrogens is 425 g/mol. The molecule has 0 radical (unpaired) electrons. The Morgan fingerprint density at radius 1 is 0.879 bits per heavy atom. The zero-order valence-corrected chi connectivity index (χ0v) is 20.7. The molecule has 3 N–H and O–H groups in total. The van der Waals surface area contributed by atoms with E-state index in [4.69, 9.17) is 5.41 Å². The van der Waals surface area contributed by atoms with Crippen LogP contribution in [0.5, 0.6) is 0 Å². The minimum Gasteiger partial charge on any atom is -0.355 e. The summed E-state index contributed by atoms with van der Waals surface area (Å²) in [7, 11) is 2.71. The van der Waals surface area contributed by atoms with E-state index in [1.165, 1.54) is 31.2 Å². The van der Waals surface area contributed by atoms with Crippen LogP contribution in [0.1, 0.15) is 73.4 Å². The van der Waals surface area contributed by atoms with E-state index in [1.54, 1.807) is 0 Å². The SMILES string of the molecule is CCCCC(CCC)c1ccc(C(=O)NC(=N)c2ccc(Nc3ccccc3P)cc2)cc1.